The Balaban J connectivity index is 1.60. The van der Waals surface area contributed by atoms with Gasteiger partial charge in [0.05, 0.1) is 5.39 Å². The van der Waals surface area contributed by atoms with Gasteiger partial charge < -0.3 is 15.2 Å². The number of aromatic amines is 1. The zero-order valence-corrected chi connectivity index (χ0v) is 15.4. The minimum Gasteiger partial charge on any atom is -0.365 e. The van der Waals surface area contributed by atoms with Gasteiger partial charge in [-0.1, -0.05) is 19.4 Å². The molecule has 0 spiro atoms. The average molecular weight is 353 g/mol. The summed E-state index contributed by atoms with van der Waals surface area (Å²) < 4.78 is 0. The maximum Gasteiger partial charge on any atom is 0.246 e. The Morgan fingerprint density at radius 2 is 2.12 bits per heavy atom. The summed E-state index contributed by atoms with van der Waals surface area (Å²) in [5, 5.41) is 4.73. The molecule has 1 amide bonds. The molecule has 138 valence electrons. The van der Waals surface area contributed by atoms with Gasteiger partial charge in [0.25, 0.3) is 0 Å². The Kier molecular flexibility index (Phi) is 4.66. The standard InChI is InChI=1S/C20H27N5O/c1-3-17(26)25-11-15(9-8-13(25)2)24-20-18-16(14-6-4-5-7-14)10-21-19(18)22-12-23-20/h3,10,12-15H,1,4-9,11H2,2H3,(H2,21,22,23,24). The van der Waals surface area contributed by atoms with Gasteiger partial charge in [0.15, 0.2) is 0 Å². The molecule has 2 atom stereocenters. The highest BCUT2D eigenvalue weighted by atomic mass is 16.2. The van der Waals surface area contributed by atoms with E-state index in [0.29, 0.717) is 12.5 Å². The number of rotatable bonds is 4. The number of nitrogens with one attached hydrogen (secondary N) is 2. The van der Waals surface area contributed by atoms with Crippen LogP contribution in [0, 0.1) is 0 Å². The third kappa shape index (κ3) is 3.08. The molecule has 2 N–H and O–H groups in total. The van der Waals surface area contributed by atoms with Gasteiger partial charge in [0.1, 0.15) is 17.8 Å². The van der Waals surface area contributed by atoms with Crippen molar-refractivity contribution in [1.29, 1.82) is 0 Å². The summed E-state index contributed by atoms with van der Waals surface area (Å²) in [6.45, 7) is 6.42. The van der Waals surface area contributed by atoms with Crippen LogP contribution in [0.5, 0.6) is 0 Å². The molecule has 1 saturated heterocycles. The summed E-state index contributed by atoms with van der Waals surface area (Å²) in [7, 11) is 0. The van der Waals surface area contributed by atoms with Crippen molar-refractivity contribution in [2.24, 2.45) is 0 Å². The van der Waals surface area contributed by atoms with E-state index in [1.807, 2.05) is 4.90 Å². The number of nitrogens with zero attached hydrogens (tertiary/aromatic N) is 3. The van der Waals surface area contributed by atoms with E-state index in [1.165, 1.54) is 37.3 Å². The first kappa shape index (κ1) is 17.1. The zero-order chi connectivity index (χ0) is 18.1. The molecule has 1 aliphatic heterocycles. The summed E-state index contributed by atoms with van der Waals surface area (Å²) in [6, 6.07) is 0.449. The summed E-state index contributed by atoms with van der Waals surface area (Å²) in [6.07, 6.45) is 12.2. The largest absolute Gasteiger partial charge is 0.365 e. The normalized spacial score (nSPS) is 24.1. The maximum absolute atomic E-state index is 12.1. The lowest BCUT2D eigenvalue weighted by molar-refractivity contribution is -0.129. The summed E-state index contributed by atoms with van der Waals surface area (Å²) >= 11 is 0. The third-order valence-electron chi connectivity index (χ3n) is 5.98. The van der Waals surface area contributed by atoms with Crippen molar-refractivity contribution in [1.82, 2.24) is 19.9 Å². The Morgan fingerprint density at radius 3 is 2.88 bits per heavy atom. The number of H-pyrrole nitrogens is 1. The number of amides is 1. The van der Waals surface area contributed by atoms with Crippen LogP contribution in [0.3, 0.4) is 0 Å². The fourth-order valence-corrected chi connectivity index (χ4v) is 4.50. The lowest BCUT2D eigenvalue weighted by atomic mass is 9.97. The fourth-order valence-electron chi connectivity index (χ4n) is 4.50. The quantitative estimate of drug-likeness (QED) is 0.824. The minimum atomic E-state index is 0.00474. The van der Waals surface area contributed by atoms with Crippen LogP contribution in [-0.2, 0) is 4.79 Å². The van der Waals surface area contributed by atoms with Crippen LogP contribution >= 0.6 is 0 Å². The molecule has 0 radical (unpaired) electrons. The predicted octanol–water partition coefficient (Wildman–Crippen LogP) is 3.59. The van der Waals surface area contributed by atoms with Gasteiger partial charge in [-0.2, -0.15) is 0 Å². The number of aromatic nitrogens is 3. The van der Waals surface area contributed by atoms with Crippen molar-refractivity contribution >= 4 is 22.8 Å². The number of hydrogen-bond acceptors (Lipinski definition) is 4. The smallest absolute Gasteiger partial charge is 0.246 e. The molecule has 0 aromatic carbocycles. The molecule has 26 heavy (non-hydrogen) atoms. The van der Waals surface area contributed by atoms with E-state index in [1.54, 1.807) is 6.33 Å². The van der Waals surface area contributed by atoms with Gasteiger partial charge in [-0.15, -0.1) is 0 Å². The summed E-state index contributed by atoms with van der Waals surface area (Å²) in [4.78, 5) is 26.3. The van der Waals surface area contributed by atoms with Crippen LogP contribution in [0.1, 0.15) is 56.9 Å². The average Bonchev–Trinajstić information content (AvgIpc) is 3.32. The molecule has 2 aromatic rings. The number of carbonyl (C=O) groups excluding carboxylic acids is 1. The van der Waals surface area contributed by atoms with Gasteiger partial charge in [0.2, 0.25) is 5.91 Å². The van der Waals surface area contributed by atoms with Crippen molar-refractivity contribution < 1.29 is 4.79 Å². The van der Waals surface area contributed by atoms with Crippen molar-refractivity contribution in [3.63, 3.8) is 0 Å². The lowest BCUT2D eigenvalue weighted by Crippen LogP contribution is -2.49. The van der Waals surface area contributed by atoms with Gasteiger partial charge in [-0.25, -0.2) is 9.97 Å². The maximum atomic E-state index is 12.1. The van der Waals surface area contributed by atoms with E-state index in [9.17, 15) is 4.79 Å². The van der Waals surface area contributed by atoms with E-state index in [0.717, 1.165) is 29.7 Å². The Labute approximate surface area is 154 Å². The topological polar surface area (TPSA) is 73.9 Å². The Hall–Kier alpha value is -2.37. The number of fused-ring (bicyclic) bond motifs is 1. The van der Waals surface area contributed by atoms with Crippen LogP contribution in [-0.4, -0.2) is 44.4 Å². The molecule has 1 aliphatic carbocycles. The van der Waals surface area contributed by atoms with Crippen molar-refractivity contribution in [3.8, 4) is 0 Å². The molecule has 2 fully saturated rings. The second-order valence-corrected chi connectivity index (χ2v) is 7.63. The van der Waals surface area contributed by atoms with Gasteiger partial charge >= 0.3 is 0 Å². The molecule has 4 rings (SSSR count). The second kappa shape index (κ2) is 7.09. The highest BCUT2D eigenvalue weighted by Crippen LogP contribution is 2.39. The molecule has 2 aliphatic rings. The van der Waals surface area contributed by atoms with E-state index in [-0.39, 0.29) is 18.0 Å². The molecule has 2 unspecified atom stereocenters. The van der Waals surface area contributed by atoms with Crippen LogP contribution in [0.15, 0.2) is 25.2 Å². The zero-order valence-electron chi connectivity index (χ0n) is 15.4. The molecular formula is C20H27N5O. The predicted molar refractivity (Wildman–Crippen MR) is 103 cm³/mol. The summed E-state index contributed by atoms with van der Waals surface area (Å²) in [5.41, 5.74) is 2.23. The monoisotopic (exact) mass is 353 g/mol. The third-order valence-corrected chi connectivity index (χ3v) is 5.98. The van der Waals surface area contributed by atoms with Crippen LogP contribution in [0.4, 0.5) is 5.82 Å². The highest BCUT2D eigenvalue weighted by molar-refractivity contribution is 5.91. The Morgan fingerprint density at radius 1 is 1.31 bits per heavy atom. The lowest BCUT2D eigenvalue weighted by Gasteiger charge is -2.38. The van der Waals surface area contributed by atoms with E-state index in [2.05, 4.69) is 40.0 Å². The molecule has 6 heteroatoms. The van der Waals surface area contributed by atoms with E-state index < -0.39 is 0 Å². The minimum absolute atomic E-state index is 0.00474. The van der Waals surface area contributed by atoms with Gasteiger partial charge in [-0.3, -0.25) is 4.79 Å². The molecule has 2 aromatic heterocycles. The number of hydrogen-bond donors (Lipinski definition) is 2. The number of carbonyl (C=O) groups is 1. The first-order valence-corrected chi connectivity index (χ1v) is 9.69. The first-order chi connectivity index (χ1) is 12.7. The fraction of sp³-hybridized carbons (Fsp3) is 0.550. The van der Waals surface area contributed by atoms with Crippen LogP contribution in [0.2, 0.25) is 0 Å². The molecule has 3 heterocycles. The molecule has 1 saturated carbocycles. The van der Waals surface area contributed by atoms with Crippen LogP contribution < -0.4 is 5.32 Å². The van der Waals surface area contributed by atoms with Gasteiger partial charge in [0, 0.05) is 24.8 Å². The van der Waals surface area contributed by atoms with Gasteiger partial charge in [-0.05, 0) is 50.2 Å². The molecule has 0 bridgehead atoms. The first-order valence-electron chi connectivity index (χ1n) is 9.69. The SMILES string of the molecule is C=CC(=O)N1CC(Nc2ncnc3[nH]cc(C4CCCC4)c23)CCC1C. The number of piperidine rings is 1. The highest BCUT2D eigenvalue weighted by Gasteiger charge is 2.29. The van der Waals surface area contributed by atoms with E-state index in [4.69, 9.17) is 0 Å². The van der Waals surface area contributed by atoms with Crippen LogP contribution in [0.25, 0.3) is 11.0 Å². The number of likely N-dealkylation sites (tertiary alicyclic amines) is 1. The van der Waals surface area contributed by atoms with E-state index >= 15 is 0 Å². The number of anilines is 1. The van der Waals surface area contributed by atoms with Crippen molar-refractivity contribution in [3.05, 3.63) is 30.7 Å². The van der Waals surface area contributed by atoms with Crippen molar-refractivity contribution in [2.75, 3.05) is 11.9 Å². The Bertz CT molecular complexity index is 808. The summed E-state index contributed by atoms with van der Waals surface area (Å²) in [5.74, 6) is 1.49. The molecular weight excluding hydrogens is 326 g/mol. The van der Waals surface area contributed by atoms with Crippen molar-refractivity contribution in [2.45, 2.75) is 63.5 Å². The second-order valence-electron chi connectivity index (χ2n) is 7.63. The molecule has 6 nitrogen and oxygen atoms in total.